The van der Waals surface area contributed by atoms with Gasteiger partial charge in [-0.05, 0) is 26.0 Å². The molecule has 0 spiro atoms. The van der Waals surface area contributed by atoms with Crippen molar-refractivity contribution in [2.24, 2.45) is 0 Å². The lowest BCUT2D eigenvalue weighted by Gasteiger charge is -2.13. The van der Waals surface area contributed by atoms with Crippen LogP contribution in [0, 0.1) is 24.4 Å². The molecule has 0 aliphatic carbocycles. The lowest BCUT2D eigenvalue weighted by molar-refractivity contribution is 0.112. The van der Waals surface area contributed by atoms with Gasteiger partial charge in [0.05, 0.1) is 12.2 Å². The second-order valence-corrected chi connectivity index (χ2v) is 4.94. The number of hydrogen-bond acceptors (Lipinski definition) is 3. The molecule has 0 fully saturated rings. The first kappa shape index (κ1) is 17.1. The summed E-state index contributed by atoms with van der Waals surface area (Å²) >= 11 is 5.69. The minimum atomic E-state index is -1.40. The number of hydrogen-bond donors (Lipinski definition) is 0. The van der Waals surface area contributed by atoms with Crippen molar-refractivity contribution >= 4 is 17.9 Å². The van der Waals surface area contributed by atoms with E-state index in [-0.39, 0.29) is 23.7 Å². The second kappa shape index (κ2) is 6.91. The fraction of sp³-hybridized carbons (Fsp3) is 0.188. The van der Waals surface area contributed by atoms with Gasteiger partial charge in [0.1, 0.15) is 16.5 Å². The Hall–Kier alpha value is -2.21. The summed E-state index contributed by atoms with van der Waals surface area (Å²) in [5.74, 6) is -4.43. The topological polar surface area (TPSA) is 35.5 Å². The standard InChI is InChI=1S/C16H12ClF3O3/c1-3-22-11-6-10(5-4-9(11)7-21)23-16-12(17)13(18)8(2)14(19)15(16)20/h4-7H,3H2,1-2H3. The zero-order chi connectivity index (χ0) is 17.1. The highest BCUT2D eigenvalue weighted by Gasteiger charge is 2.23. The summed E-state index contributed by atoms with van der Waals surface area (Å²) in [7, 11) is 0. The molecular formula is C16H12ClF3O3. The highest BCUT2D eigenvalue weighted by molar-refractivity contribution is 6.32. The van der Waals surface area contributed by atoms with Gasteiger partial charge in [-0.15, -0.1) is 0 Å². The molecule has 122 valence electrons. The Labute approximate surface area is 135 Å². The van der Waals surface area contributed by atoms with E-state index in [0.29, 0.717) is 6.29 Å². The van der Waals surface area contributed by atoms with Gasteiger partial charge in [-0.25, -0.2) is 8.78 Å². The number of halogens is 4. The third kappa shape index (κ3) is 3.27. The van der Waals surface area contributed by atoms with Crippen molar-refractivity contribution in [2.75, 3.05) is 6.61 Å². The number of ether oxygens (including phenoxy) is 2. The summed E-state index contributed by atoms with van der Waals surface area (Å²) in [6.45, 7) is 3.06. The number of carbonyl (C=O) groups is 1. The van der Waals surface area contributed by atoms with Crippen LogP contribution in [0.4, 0.5) is 13.2 Å². The van der Waals surface area contributed by atoms with Crippen LogP contribution in [0.2, 0.25) is 5.02 Å². The van der Waals surface area contributed by atoms with E-state index in [1.54, 1.807) is 6.92 Å². The molecule has 0 atom stereocenters. The summed E-state index contributed by atoms with van der Waals surface area (Å²) in [5.41, 5.74) is -0.279. The predicted octanol–water partition coefficient (Wildman–Crippen LogP) is 5.07. The summed E-state index contributed by atoms with van der Waals surface area (Å²) in [5, 5.41) is -0.668. The van der Waals surface area contributed by atoms with Crippen LogP contribution in [0.3, 0.4) is 0 Å². The quantitative estimate of drug-likeness (QED) is 0.561. The Morgan fingerprint density at radius 1 is 1.17 bits per heavy atom. The molecule has 2 aromatic rings. The van der Waals surface area contributed by atoms with Gasteiger partial charge in [0.25, 0.3) is 0 Å². The summed E-state index contributed by atoms with van der Waals surface area (Å²) in [6.07, 6.45) is 0.577. The highest BCUT2D eigenvalue weighted by Crippen LogP contribution is 2.38. The molecule has 0 aliphatic heterocycles. The lowest BCUT2D eigenvalue weighted by Crippen LogP contribution is -2.01. The maximum atomic E-state index is 13.9. The largest absolute Gasteiger partial charge is 0.493 e. The van der Waals surface area contributed by atoms with Crippen LogP contribution in [0.25, 0.3) is 0 Å². The van der Waals surface area contributed by atoms with Gasteiger partial charge in [0.15, 0.2) is 23.7 Å². The average molecular weight is 345 g/mol. The maximum Gasteiger partial charge on any atom is 0.203 e. The van der Waals surface area contributed by atoms with Crippen molar-refractivity contribution in [3.05, 3.63) is 51.8 Å². The third-order valence-electron chi connectivity index (χ3n) is 3.07. The van der Waals surface area contributed by atoms with E-state index in [4.69, 9.17) is 21.1 Å². The Morgan fingerprint density at radius 2 is 1.87 bits per heavy atom. The molecule has 0 N–H and O–H groups in total. The minimum absolute atomic E-state index is 0.0162. The first-order valence-electron chi connectivity index (χ1n) is 6.63. The van der Waals surface area contributed by atoms with Crippen LogP contribution in [0.1, 0.15) is 22.8 Å². The van der Waals surface area contributed by atoms with Crippen LogP contribution in [0.5, 0.6) is 17.2 Å². The Kier molecular flexibility index (Phi) is 5.15. The Morgan fingerprint density at radius 3 is 2.48 bits per heavy atom. The fourth-order valence-electron chi connectivity index (χ4n) is 1.88. The van der Waals surface area contributed by atoms with Crippen LogP contribution < -0.4 is 9.47 Å². The zero-order valence-electron chi connectivity index (χ0n) is 12.3. The van der Waals surface area contributed by atoms with E-state index >= 15 is 0 Å². The van der Waals surface area contributed by atoms with E-state index in [1.807, 2.05) is 0 Å². The third-order valence-corrected chi connectivity index (χ3v) is 3.41. The maximum absolute atomic E-state index is 13.9. The van der Waals surface area contributed by atoms with Gasteiger partial charge in [0, 0.05) is 11.6 Å². The van der Waals surface area contributed by atoms with Gasteiger partial charge >= 0.3 is 0 Å². The molecule has 2 rings (SSSR count). The van der Waals surface area contributed by atoms with Gasteiger partial charge in [-0.3, -0.25) is 4.79 Å². The molecule has 0 saturated carbocycles. The number of benzene rings is 2. The van der Waals surface area contributed by atoms with Gasteiger partial charge < -0.3 is 9.47 Å². The van der Waals surface area contributed by atoms with Gasteiger partial charge in [-0.1, -0.05) is 11.6 Å². The van der Waals surface area contributed by atoms with Gasteiger partial charge in [0.2, 0.25) is 5.82 Å². The van der Waals surface area contributed by atoms with E-state index in [9.17, 15) is 18.0 Å². The molecule has 3 nitrogen and oxygen atoms in total. The van der Waals surface area contributed by atoms with Crippen LogP contribution in [0.15, 0.2) is 18.2 Å². The van der Waals surface area contributed by atoms with E-state index in [1.165, 1.54) is 18.2 Å². The molecule has 0 heterocycles. The normalized spacial score (nSPS) is 10.5. The summed E-state index contributed by atoms with van der Waals surface area (Å²) in [6, 6.07) is 4.01. The number of rotatable bonds is 5. The van der Waals surface area contributed by atoms with Crippen molar-refractivity contribution in [3.63, 3.8) is 0 Å². The fourth-order valence-corrected chi connectivity index (χ4v) is 2.15. The molecule has 0 unspecified atom stereocenters. The molecule has 0 saturated heterocycles. The van der Waals surface area contributed by atoms with Crippen LogP contribution >= 0.6 is 11.6 Å². The van der Waals surface area contributed by atoms with Crippen molar-refractivity contribution in [2.45, 2.75) is 13.8 Å². The van der Waals surface area contributed by atoms with E-state index in [2.05, 4.69) is 0 Å². The van der Waals surface area contributed by atoms with E-state index < -0.39 is 33.8 Å². The SMILES string of the molecule is CCOc1cc(Oc2c(F)c(F)c(C)c(F)c2Cl)ccc1C=O. The van der Waals surface area contributed by atoms with Crippen LogP contribution in [-0.2, 0) is 0 Å². The van der Waals surface area contributed by atoms with Crippen molar-refractivity contribution in [1.29, 1.82) is 0 Å². The molecular weight excluding hydrogens is 333 g/mol. The Balaban J connectivity index is 2.48. The lowest BCUT2D eigenvalue weighted by atomic mass is 10.2. The highest BCUT2D eigenvalue weighted by atomic mass is 35.5. The molecule has 2 aromatic carbocycles. The minimum Gasteiger partial charge on any atom is -0.493 e. The number of aldehydes is 1. The van der Waals surface area contributed by atoms with Crippen molar-refractivity contribution in [3.8, 4) is 17.2 Å². The summed E-state index contributed by atoms with van der Waals surface area (Å²) in [4.78, 5) is 10.9. The number of carbonyl (C=O) groups excluding carboxylic acids is 1. The first-order chi connectivity index (χ1) is 10.9. The van der Waals surface area contributed by atoms with E-state index in [0.717, 1.165) is 6.92 Å². The molecule has 7 heteroatoms. The average Bonchev–Trinajstić information content (AvgIpc) is 2.56. The summed E-state index contributed by atoms with van der Waals surface area (Å²) < 4.78 is 51.7. The zero-order valence-corrected chi connectivity index (χ0v) is 13.0. The smallest absolute Gasteiger partial charge is 0.203 e. The predicted molar refractivity (Wildman–Crippen MR) is 79.1 cm³/mol. The molecule has 0 amide bonds. The Bertz CT molecular complexity index is 734. The molecule has 0 aromatic heterocycles. The molecule has 0 bridgehead atoms. The second-order valence-electron chi connectivity index (χ2n) is 4.56. The molecule has 0 radical (unpaired) electrons. The molecule has 23 heavy (non-hydrogen) atoms. The molecule has 0 aliphatic rings. The van der Waals surface area contributed by atoms with Crippen molar-refractivity contribution in [1.82, 2.24) is 0 Å². The van der Waals surface area contributed by atoms with Crippen LogP contribution in [-0.4, -0.2) is 12.9 Å². The van der Waals surface area contributed by atoms with Crippen molar-refractivity contribution < 1.29 is 27.4 Å². The monoisotopic (exact) mass is 344 g/mol. The van der Waals surface area contributed by atoms with Gasteiger partial charge in [-0.2, -0.15) is 4.39 Å². The first-order valence-corrected chi connectivity index (χ1v) is 7.00.